The van der Waals surface area contributed by atoms with Crippen LogP contribution in [0.2, 0.25) is 0 Å². The fourth-order valence-electron chi connectivity index (χ4n) is 1.53. The third kappa shape index (κ3) is 1.86. The van der Waals surface area contributed by atoms with Crippen molar-refractivity contribution >= 4 is 17.2 Å². The van der Waals surface area contributed by atoms with E-state index in [4.69, 9.17) is 0 Å². The van der Waals surface area contributed by atoms with Crippen molar-refractivity contribution in [3.05, 3.63) is 36.0 Å². The van der Waals surface area contributed by atoms with Crippen LogP contribution in [0.3, 0.4) is 0 Å². The number of carbonyl (C=O) groups is 1. The van der Waals surface area contributed by atoms with Gasteiger partial charge in [-0.05, 0) is 19.9 Å². The molecule has 1 aromatic carbocycles. The van der Waals surface area contributed by atoms with E-state index in [1.807, 2.05) is 38.1 Å². The number of fused-ring (bicyclic) bond motifs is 1. The Morgan fingerprint density at radius 2 is 2.07 bits per heavy atom. The smallest absolute Gasteiger partial charge is 0.257 e. The lowest BCUT2D eigenvalue weighted by molar-refractivity contribution is -0.110. The quantitative estimate of drug-likeness (QED) is 0.720. The maximum Gasteiger partial charge on any atom is 0.257 e. The highest BCUT2D eigenvalue weighted by molar-refractivity contribution is 6.31. The molecule has 0 fully saturated rings. The van der Waals surface area contributed by atoms with E-state index in [2.05, 4.69) is 10.6 Å². The second-order valence-corrected chi connectivity index (χ2v) is 3.88. The average molecular weight is 202 g/mol. The lowest BCUT2D eigenvalue weighted by Crippen LogP contribution is -2.17. The van der Waals surface area contributed by atoms with Gasteiger partial charge >= 0.3 is 0 Å². The van der Waals surface area contributed by atoms with Crippen LogP contribution < -0.4 is 10.6 Å². The Morgan fingerprint density at radius 1 is 1.33 bits per heavy atom. The Balaban J connectivity index is 2.33. The summed E-state index contributed by atoms with van der Waals surface area (Å²) >= 11 is 0. The Kier molecular flexibility index (Phi) is 2.46. The van der Waals surface area contributed by atoms with E-state index in [-0.39, 0.29) is 5.91 Å². The molecule has 78 valence electrons. The molecule has 0 unspecified atom stereocenters. The minimum absolute atomic E-state index is 0.0376. The summed E-state index contributed by atoms with van der Waals surface area (Å²) < 4.78 is 0. The first kappa shape index (κ1) is 9.77. The molecule has 0 radical (unpaired) electrons. The van der Waals surface area contributed by atoms with E-state index in [0.717, 1.165) is 11.3 Å². The fourth-order valence-corrected chi connectivity index (χ4v) is 1.53. The van der Waals surface area contributed by atoms with Gasteiger partial charge in [-0.25, -0.2) is 0 Å². The molecular weight excluding hydrogens is 188 g/mol. The summed E-state index contributed by atoms with van der Waals surface area (Å²) in [7, 11) is 0. The molecule has 3 nitrogen and oxygen atoms in total. The highest BCUT2D eigenvalue weighted by Gasteiger charge is 2.22. The van der Waals surface area contributed by atoms with Crippen molar-refractivity contribution in [3.63, 3.8) is 0 Å². The maximum atomic E-state index is 11.6. The first-order valence-electron chi connectivity index (χ1n) is 5.05. The second kappa shape index (κ2) is 3.77. The van der Waals surface area contributed by atoms with Gasteiger partial charge in [-0.3, -0.25) is 4.79 Å². The summed E-state index contributed by atoms with van der Waals surface area (Å²) in [5.41, 5.74) is 2.56. The van der Waals surface area contributed by atoms with E-state index in [1.165, 1.54) is 0 Å². The van der Waals surface area contributed by atoms with Crippen LogP contribution in [0.25, 0.3) is 5.57 Å². The number of hydrogen-bond donors (Lipinski definition) is 2. The zero-order valence-electron chi connectivity index (χ0n) is 8.87. The Bertz CT molecular complexity index is 421. The molecule has 0 aliphatic carbocycles. The summed E-state index contributed by atoms with van der Waals surface area (Å²) in [6.07, 6.45) is 1.78. The molecule has 2 rings (SSSR count). The van der Waals surface area contributed by atoms with Gasteiger partial charge in [0.15, 0.2) is 0 Å². The highest BCUT2D eigenvalue weighted by atomic mass is 16.2. The maximum absolute atomic E-state index is 11.6. The van der Waals surface area contributed by atoms with Crippen molar-refractivity contribution in [2.75, 3.05) is 5.32 Å². The lowest BCUT2D eigenvalue weighted by Gasteiger charge is -2.04. The second-order valence-electron chi connectivity index (χ2n) is 3.88. The van der Waals surface area contributed by atoms with Crippen molar-refractivity contribution in [2.45, 2.75) is 19.9 Å². The lowest BCUT2D eigenvalue weighted by atomic mass is 10.1. The van der Waals surface area contributed by atoms with E-state index in [9.17, 15) is 4.79 Å². The summed E-state index contributed by atoms with van der Waals surface area (Å²) in [6, 6.07) is 8.03. The number of hydrogen-bond acceptors (Lipinski definition) is 2. The molecule has 3 heteroatoms. The number of para-hydroxylation sites is 1. The van der Waals surface area contributed by atoms with Crippen LogP contribution in [0.4, 0.5) is 5.69 Å². The van der Waals surface area contributed by atoms with Crippen molar-refractivity contribution in [3.8, 4) is 0 Å². The Hall–Kier alpha value is -1.77. The summed E-state index contributed by atoms with van der Waals surface area (Å²) in [5.74, 6) is -0.0376. The van der Waals surface area contributed by atoms with Crippen LogP contribution >= 0.6 is 0 Å². The van der Waals surface area contributed by atoms with Gasteiger partial charge in [-0.15, -0.1) is 0 Å². The van der Waals surface area contributed by atoms with E-state index in [1.54, 1.807) is 6.20 Å². The SMILES string of the molecule is CC(C)N/C=C1\C(=O)Nc2ccccc21. The third-order valence-electron chi connectivity index (χ3n) is 2.27. The largest absolute Gasteiger partial charge is 0.388 e. The van der Waals surface area contributed by atoms with Gasteiger partial charge in [-0.2, -0.15) is 0 Å². The van der Waals surface area contributed by atoms with Crippen molar-refractivity contribution in [2.24, 2.45) is 0 Å². The zero-order chi connectivity index (χ0) is 10.8. The van der Waals surface area contributed by atoms with E-state index in [0.29, 0.717) is 11.6 Å². The number of rotatable bonds is 2. The van der Waals surface area contributed by atoms with Crippen molar-refractivity contribution in [1.82, 2.24) is 5.32 Å². The van der Waals surface area contributed by atoms with Crippen molar-refractivity contribution in [1.29, 1.82) is 0 Å². The number of carbonyl (C=O) groups excluding carboxylic acids is 1. The van der Waals surface area contributed by atoms with Crippen LogP contribution in [0, 0.1) is 0 Å². The Morgan fingerprint density at radius 3 is 2.80 bits per heavy atom. The monoisotopic (exact) mass is 202 g/mol. The van der Waals surface area contributed by atoms with Gasteiger partial charge in [-0.1, -0.05) is 18.2 Å². The van der Waals surface area contributed by atoms with E-state index >= 15 is 0 Å². The van der Waals surface area contributed by atoms with Gasteiger partial charge in [0.05, 0.1) is 5.57 Å². The normalized spacial score (nSPS) is 16.7. The molecule has 0 atom stereocenters. The minimum Gasteiger partial charge on any atom is -0.388 e. The molecule has 0 saturated carbocycles. The van der Waals surface area contributed by atoms with Crippen LogP contribution in [0.5, 0.6) is 0 Å². The van der Waals surface area contributed by atoms with Gasteiger partial charge in [0, 0.05) is 23.5 Å². The molecule has 0 bridgehead atoms. The zero-order valence-corrected chi connectivity index (χ0v) is 8.87. The van der Waals surface area contributed by atoms with Crippen LogP contribution in [0.15, 0.2) is 30.5 Å². The number of benzene rings is 1. The molecule has 15 heavy (non-hydrogen) atoms. The molecule has 1 amide bonds. The summed E-state index contributed by atoms with van der Waals surface area (Å²) in [5, 5.41) is 5.96. The molecule has 0 spiro atoms. The van der Waals surface area contributed by atoms with Crippen molar-refractivity contribution < 1.29 is 4.79 Å². The predicted molar refractivity (Wildman–Crippen MR) is 61.3 cm³/mol. The molecule has 1 aliphatic rings. The van der Waals surface area contributed by atoms with Gasteiger partial charge in [0.25, 0.3) is 5.91 Å². The Labute approximate surface area is 89.2 Å². The summed E-state index contributed by atoms with van der Waals surface area (Å²) in [4.78, 5) is 11.6. The molecule has 1 heterocycles. The molecule has 0 aromatic heterocycles. The van der Waals surface area contributed by atoms with Gasteiger partial charge in [0.2, 0.25) is 0 Å². The fraction of sp³-hybridized carbons (Fsp3) is 0.250. The first-order chi connectivity index (χ1) is 7.18. The topological polar surface area (TPSA) is 41.1 Å². The molecule has 0 saturated heterocycles. The first-order valence-corrected chi connectivity index (χ1v) is 5.05. The summed E-state index contributed by atoms with van der Waals surface area (Å²) in [6.45, 7) is 4.08. The average Bonchev–Trinajstić information content (AvgIpc) is 2.50. The highest BCUT2D eigenvalue weighted by Crippen LogP contribution is 2.30. The van der Waals surface area contributed by atoms with Crippen LogP contribution in [-0.4, -0.2) is 11.9 Å². The molecule has 1 aromatic rings. The van der Waals surface area contributed by atoms with Crippen LogP contribution in [0.1, 0.15) is 19.4 Å². The predicted octanol–water partition coefficient (Wildman–Crippen LogP) is 1.98. The number of anilines is 1. The molecule has 1 aliphatic heterocycles. The van der Waals surface area contributed by atoms with Crippen LogP contribution in [-0.2, 0) is 4.79 Å². The minimum atomic E-state index is -0.0376. The van der Waals surface area contributed by atoms with Gasteiger partial charge in [0.1, 0.15) is 0 Å². The molecule has 2 N–H and O–H groups in total. The van der Waals surface area contributed by atoms with E-state index < -0.39 is 0 Å². The number of amides is 1. The molecular formula is C12H14N2O. The van der Waals surface area contributed by atoms with Gasteiger partial charge < -0.3 is 10.6 Å². The number of nitrogens with one attached hydrogen (secondary N) is 2. The standard InChI is InChI=1S/C12H14N2O/c1-8(2)13-7-10-9-5-3-4-6-11(9)14-12(10)15/h3-8,13H,1-2H3,(H,14,15)/b10-7-. The third-order valence-corrected chi connectivity index (χ3v) is 2.27.